The summed E-state index contributed by atoms with van der Waals surface area (Å²) in [5, 5.41) is 13.6. The zero-order valence-corrected chi connectivity index (χ0v) is 11.7. The molecule has 7 nitrogen and oxygen atoms in total. The van der Waals surface area contributed by atoms with E-state index >= 15 is 0 Å². The molecule has 0 saturated heterocycles. The van der Waals surface area contributed by atoms with E-state index in [0.29, 0.717) is 24.3 Å². The van der Waals surface area contributed by atoms with E-state index in [0.717, 1.165) is 0 Å². The van der Waals surface area contributed by atoms with Gasteiger partial charge in [-0.05, 0) is 25.6 Å². The summed E-state index contributed by atoms with van der Waals surface area (Å²) >= 11 is 0. The van der Waals surface area contributed by atoms with Crippen molar-refractivity contribution in [3.63, 3.8) is 0 Å². The second-order valence-corrected chi connectivity index (χ2v) is 5.87. The fourth-order valence-electron chi connectivity index (χ4n) is 1.54. The molecule has 0 aliphatic rings. The fraction of sp³-hybridized carbons (Fsp3) is 0.455. The molecular weight excluding hydrogens is 270 g/mol. The maximum atomic E-state index is 11.7. The molecule has 0 aliphatic heterocycles. The lowest BCUT2D eigenvalue weighted by Crippen LogP contribution is -2.26. The van der Waals surface area contributed by atoms with E-state index in [2.05, 4.69) is 10.0 Å². The molecule has 0 saturated carbocycles. The first-order chi connectivity index (χ1) is 8.85. The highest BCUT2D eigenvalue weighted by molar-refractivity contribution is 7.92. The van der Waals surface area contributed by atoms with E-state index in [-0.39, 0.29) is 11.4 Å². The Labute approximate surface area is 112 Å². The molecule has 1 aromatic carbocycles. The quantitative estimate of drug-likeness (QED) is 0.446. The van der Waals surface area contributed by atoms with Gasteiger partial charge in [0.25, 0.3) is 5.69 Å². The Hall–Kier alpha value is -1.67. The number of nitrogens with one attached hydrogen (secondary N) is 2. The Morgan fingerprint density at radius 3 is 2.58 bits per heavy atom. The fourth-order valence-corrected chi connectivity index (χ4v) is 2.54. The van der Waals surface area contributed by atoms with Gasteiger partial charge in [-0.25, -0.2) is 8.42 Å². The van der Waals surface area contributed by atoms with Crippen LogP contribution in [0.5, 0.6) is 0 Å². The minimum Gasteiger partial charge on any atom is -0.316 e. The molecule has 8 heteroatoms. The van der Waals surface area contributed by atoms with Crippen LogP contribution in [-0.2, 0) is 10.0 Å². The van der Waals surface area contributed by atoms with E-state index in [1.54, 1.807) is 6.92 Å². The summed E-state index contributed by atoms with van der Waals surface area (Å²) in [5.41, 5.74) is 0.715. The van der Waals surface area contributed by atoms with Gasteiger partial charge in [-0.3, -0.25) is 14.8 Å². The number of aryl methyl sites for hydroxylation is 1. The molecular formula is C11H17N3O4S. The first-order valence-corrected chi connectivity index (χ1v) is 7.47. The standard InChI is InChI=1S/C11H17N3O4S/c1-3-12-6-7-19(17,18)13-10-4-5-11(14(15)16)9(2)8-10/h4-5,8,12-13H,3,6-7H2,1-2H3. The van der Waals surface area contributed by atoms with Crippen LogP contribution in [0.1, 0.15) is 12.5 Å². The molecule has 0 radical (unpaired) electrons. The van der Waals surface area contributed by atoms with Gasteiger partial charge in [0.05, 0.1) is 10.7 Å². The first-order valence-electron chi connectivity index (χ1n) is 5.82. The van der Waals surface area contributed by atoms with Crippen LogP contribution in [0.3, 0.4) is 0 Å². The normalized spacial score (nSPS) is 11.3. The number of nitro benzene ring substituents is 1. The minimum absolute atomic E-state index is 0.0319. The Kier molecular flexibility index (Phi) is 5.25. The Morgan fingerprint density at radius 1 is 1.37 bits per heavy atom. The average molecular weight is 287 g/mol. The highest BCUT2D eigenvalue weighted by atomic mass is 32.2. The molecule has 106 valence electrons. The van der Waals surface area contributed by atoms with E-state index < -0.39 is 14.9 Å². The number of sulfonamides is 1. The number of benzene rings is 1. The summed E-state index contributed by atoms with van der Waals surface area (Å²) in [6.45, 7) is 4.51. The zero-order chi connectivity index (χ0) is 14.5. The van der Waals surface area contributed by atoms with Crippen molar-refractivity contribution in [3.05, 3.63) is 33.9 Å². The van der Waals surface area contributed by atoms with Crippen LogP contribution in [-0.4, -0.2) is 32.2 Å². The van der Waals surface area contributed by atoms with Crippen LogP contribution in [0.2, 0.25) is 0 Å². The van der Waals surface area contributed by atoms with E-state index in [9.17, 15) is 18.5 Å². The topological polar surface area (TPSA) is 101 Å². The average Bonchev–Trinajstić information content (AvgIpc) is 2.28. The molecule has 1 rings (SSSR count). The molecule has 0 heterocycles. The largest absolute Gasteiger partial charge is 0.316 e. The molecule has 0 amide bonds. The highest BCUT2D eigenvalue weighted by Gasteiger charge is 2.14. The SMILES string of the molecule is CCNCCS(=O)(=O)Nc1ccc([N+](=O)[O-])c(C)c1. The number of nitro groups is 1. The van der Waals surface area contributed by atoms with Gasteiger partial charge in [0.1, 0.15) is 0 Å². The summed E-state index contributed by atoms with van der Waals surface area (Å²) in [7, 11) is -3.44. The number of hydrogen-bond donors (Lipinski definition) is 2. The Morgan fingerprint density at radius 2 is 2.05 bits per heavy atom. The van der Waals surface area contributed by atoms with E-state index in [1.165, 1.54) is 18.2 Å². The van der Waals surface area contributed by atoms with Crippen molar-refractivity contribution in [1.29, 1.82) is 0 Å². The number of nitrogens with zero attached hydrogens (tertiary/aromatic N) is 1. The summed E-state index contributed by atoms with van der Waals surface area (Å²) in [6.07, 6.45) is 0. The van der Waals surface area contributed by atoms with Crippen LogP contribution < -0.4 is 10.0 Å². The minimum atomic E-state index is -3.44. The molecule has 2 N–H and O–H groups in total. The van der Waals surface area contributed by atoms with Gasteiger partial charge in [-0.1, -0.05) is 6.92 Å². The summed E-state index contributed by atoms with van der Waals surface area (Å²) in [6, 6.07) is 4.12. The van der Waals surface area contributed by atoms with E-state index in [4.69, 9.17) is 0 Å². The second-order valence-electron chi connectivity index (χ2n) is 4.03. The first kappa shape index (κ1) is 15.4. The molecule has 0 spiro atoms. The summed E-state index contributed by atoms with van der Waals surface area (Å²) < 4.78 is 25.8. The molecule has 0 aliphatic carbocycles. The Balaban J connectivity index is 2.77. The van der Waals surface area contributed by atoms with Crippen LogP contribution in [0.4, 0.5) is 11.4 Å². The van der Waals surface area contributed by atoms with Crippen molar-refractivity contribution < 1.29 is 13.3 Å². The Bertz CT molecular complexity index is 557. The van der Waals surface area contributed by atoms with Gasteiger partial charge < -0.3 is 5.32 Å². The predicted octanol–water partition coefficient (Wildman–Crippen LogP) is 1.25. The van der Waals surface area contributed by atoms with Gasteiger partial charge in [0.2, 0.25) is 10.0 Å². The number of hydrogen-bond acceptors (Lipinski definition) is 5. The third-order valence-electron chi connectivity index (χ3n) is 2.46. The van der Waals surface area contributed by atoms with Gasteiger partial charge >= 0.3 is 0 Å². The maximum absolute atomic E-state index is 11.7. The van der Waals surface area contributed by atoms with Crippen molar-refractivity contribution in [2.75, 3.05) is 23.6 Å². The van der Waals surface area contributed by atoms with Gasteiger partial charge in [0.15, 0.2) is 0 Å². The molecule has 19 heavy (non-hydrogen) atoms. The van der Waals surface area contributed by atoms with Gasteiger partial charge in [-0.15, -0.1) is 0 Å². The third kappa shape index (κ3) is 4.84. The monoisotopic (exact) mass is 287 g/mol. The van der Waals surface area contributed by atoms with Crippen LogP contribution in [0.25, 0.3) is 0 Å². The third-order valence-corrected chi connectivity index (χ3v) is 3.75. The van der Waals surface area contributed by atoms with Crippen LogP contribution in [0.15, 0.2) is 18.2 Å². The highest BCUT2D eigenvalue weighted by Crippen LogP contribution is 2.22. The molecule has 0 bridgehead atoms. The number of anilines is 1. The molecule has 0 atom stereocenters. The van der Waals surface area contributed by atoms with E-state index in [1.807, 2.05) is 6.92 Å². The van der Waals surface area contributed by atoms with Crippen molar-refractivity contribution in [2.24, 2.45) is 0 Å². The van der Waals surface area contributed by atoms with Crippen LogP contribution >= 0.6 is 0 Å². The lowest BCUT2D eigenvalue weighted by molar-refractivity contribution is -0.385. The molecule has 0 unspecified atom stereocenters. The molecule has 1 aromatic rings. The lowest BCUT2D eigenvalue weighted by atomic mass is 10.2. The maximum Gasteiger partial charge on any atom is 0.272 e. The summed E-state index contributed by atoms with van der Waals surface area (Å²) in [5.74, 6) is -0.0448. The number of rotatable bonds is 7. The van der Waals surface area contributed by atoms with Crippen molar-refractivity contribution in [2.45, 2.75) is 13.8 Å². The van der Waals surface area contributed by atoms with Crippen molar-refractivity contribution in [1.82, 2.24) is 5.32 Å². The van der Waals surface area contributed by atoms with Crippen molar-refractivity contribution in [3.8, 4) is 0 Å². The van der Waals surface area contributed by atoms with Gasteiger partial charge in [0, 0.05) is 23.9 Å². The smallest absolute Gasteiger partial charge is 0.272 e. The lowest BCUT2D eigenvalue weighted by Gasteiger charge is -2.09. The zero-order valence-electron chi connectivity index (χ0n) is 10.8. The van der Waals surface area contributed by atoms with Crippen molar-refractivity contribution >= 4 is 21.4 Å². The van der Waals surface area contributed by atoms with Gasteiger partial charge in [-0.2, -0.15) is 0 Å². The molecule has 0 fully saturated rings. The predicted molar refractivity (Wildman–Crippen MR) is 73.8 cm³/mol. The second kappa shape index (κ2) is 6.48. The molecule has 0 aromatic heterocycles. The summed E-state index contributed by atoms with van der Waals surface area (Å²) in [4.78, 5) is 10.2. The van der Waals surface area contributed by atoms with Crippen LogP contribution in [0, 0.1) is 17.0 Å².